The predicted octanol–water partition coefficient (Wildman–Crippen LogP) is 2.72. The third-order valence-electron chi connectivity index (χ3n) is 2.97. The lowest BCUT2D eigenvalue weighted by Gasteiger charge is -2.08. The van der Waals surface area contributed by atoms with Gasteiger partial charge in [-0.15, -0.1) is 0 Å². The molecule has 2 aromatic rings. The van der Waals surface area contributed by atoms with Gasteiger partial charge in [0, 0.05) is 6.54 Å². The normalized spacial score (nSPS) is 10.6. The number of thiazole rings is 1. The quantitative estimate of drug-likeness (QED) is 0.914. The summed E-state index contributed by atoms with van der Waals surface area (Å²) in [5.41, 5.74) is 8.21. The molecule has 0 spiro atoms. The van der Waals surface area contributed by atoms with E-state index in [1.807, 2.05) is 0 Å². The average molecular weight is 293 g/mol. The predicted molar refractivity (Wildman–Crippen MR) is 78.3 cm³/mol. The second-order valence-electron chi connectivity index (χ2n) is 4.69. The van der Waals surface area contributed by atoms with Crippen molar-refractivity contribution < 1.29 is 9.18 Å². The first-order chi connectivity index (χ1) is 9.38. The number of hydrogen-bond acceptors (Lipinski definition) is 4. The van der Waals surface area contributed by atoms with Crippen molar-refractivity contribution in [2.24, 2.45) is 0 Å². The van der Waals surface area contributed by atoms with Gasteiger partial charge in [0.2, 0.25) is 0 Å². The molecule has 106 valence electrons. The van der Waals surface area contributed by atoms with Crippen LogP contribution in [-0.2, 0) is 6.54 Å². The Bertz CT molecular complexity index is 643. The molecule has 1 heterocycles. The fraction of sp³-hybridized carbons (Fsp3) is 0.286. The number of carbonyl (C=O) groups excluding carboxylic acids is 1. The molecule has 1 aromatic heterocycles. The maximum absolute atomic E-state index is 13.5. The van der Waals surface area contributed by atoms with E-state index in [4.69, 9.17) is 5.73 Å². The lowest BCUT2D eigenvalue weighted by molar-refractivity contribution is 0.0954. The summed E-state index contributed by atoms with van der Waals surface area (Å²) >= 11 is 1.16. The van der Waals surface area contributed by atoms with E-state index in [1.165, 1.54) is 0 Å². The van der Waals surface area contributed by atoms with Crippen molar-refractivity contribution in [3.05, 3.63) is 45.2 Å². The third kappa shape index (κ3) is 2.96. The Hall–Kier alpha value is -1.95. The molecule has 0 bridgehead atoms. The summed E-state index contributed by atoms with van der Waals surface area (Å²) in [6.07, 6.45) is 0. The maximum atomic E-state index is 13.5. The highest BCUT2D eigenvalue weighted by Crippen LogP contribution is 2.20. The van der Waals surface area contributed by atoms with Gasteiger partial charge < -0.3 is 11.1 Å². The molecule has 0 radical (unpaired) electrons. The summed E-state index contributed by atoms with van der Waals surface area (Å²) in [4.78, 5) is 16.5. The van der Waals surface area contributed by atoms with E-state index in [0.717, 1.165) is 16.9 Å². The molecule has 3 N–H and O–H groups in total. The van der Waals surface area contributed by atoms with Gasteiger partial charge in [0.05, 0.1) is 5.69 Å². The fourth-order valence-corrected chi connectivity index (χ4v) is 2.78. The standard InChI is InChI=1S/C14H16FN3OS/c1-7-4-10(5-8(2)11(7)15)6-17-13(19)12-9(3)18-14(16)20-12/h4-5H,6H2,1-3H3,(H2,16,18)(H,17,19). The van der Waals surface area contributed by atoms with Crippen LogP contribution >= 0.6 is 11.3 Å². The van der Waals surface area contributed by atoms with Crippen molar-refractivity contribution in [1.29, 1.82) is 0 Å². The fourth-order valence-electron chi connectivity index (χ4n) is 2.03. The first kappa shape index (κ1) is 14.5. The molecule has 4 nitrogen and oxygen atoms in total. The molecular weight excluding hydrogens is 277 g/mol. The van der Waals surface area contributed by atoms with Gasteiger partial charge in [-0.05, 0) is 37.5 Å². The Balaban J connectivity index is 2.09. The molecule has 0 fully saturated rings. The molecular formula is C14H16FN3OS. The summed E-state index contributed by atoms with van der Waals surface area (Å²) in [6.45, 7) is 5.51. The Labute approximate surface area is 120 Å². The van der Waals surface area contributed by atoms with Crippen LogP contribution in [0.15, 0.2) is 12.1 Å². The second kappa shape index (κ2) is 5.58. The van der Waals surface area contributed by atoms with Crippen LogP contribution in [0.3, 0.4) is 0 Å². The molecule has 2 rings (SSSR count). The van der Waals surface area contributed by atoms with E-state index in [0.29, 0.717) is 33.4 Å². The van der Waals surface area contributed by atoms with Crippen molar-refractivity contribution in [1.82, 2.24) is 10.3 Å². The minimum Gasteiger partial charge on any atom is -0.375 e. The highest BCUT2D eigenvalue weighted by atomic mass is 32.1. The molecule has 0 unspecified atom stereocenters. The van der Waals surface area contributed by atoms with Crippen LogP contribution in [0, 0.1) is 26.6 Å². The van der Waals surface area contributed by atoms with E-state index in [1.54, 1.807) is 32.9 Å². The van der Waals surface area contributed by atoms with Crippen molar-refractivity contribution in [3.63, 3.8) is 0 Å². The van der Waals surface area contributed by atoms with Crippen LogP contribution in [0.1, 0.15) is 32.1 Å². The van der Waals surface area contributed by atoms with E-state index < -0.39 is 0 Å². The van der Waals surface area contributed by atoms with E-state index in [9.17, 15) is 9.18 Å². The Kier molecular flexibility index (Phi) is 4.04. The summed E-state index contributed by atoms with van der Waals surface area (Å²) in [6, 6.07) is 3.47. The third-order valence-corrected chi connectivity index (χ3v) is 3.95. The number of halogens is 1. The molecule has 0 aliphatic carbocycles. The first-order valence-corrected chi connectivity index (χ1v) is 6.97. The van der Waals surface area contributed by atoms with Gasteiger partial charge in [0.15, 0.2) is 5.13 Å². The van der Waals surface area contributed by atoms with Gasteiger partial charge in [-0.25, -0.2) is 9.37 Å². The SMILES string of the molecule is Cc1cc(CNC(=O)c2sc(N)nc2C)cc(C)c1F. The molecule has 0 saturated carbocycles. The average Bonchev–Trinajstić information content (AvgIpc) is 2.72. The van der Waals surface area contributed by atoms with Crippen molar-refractivity contribution >= 4 is 22.4 Å². The van der Waals surface area contributed by atoms with Crippen LogP contribution < -0.4 is 11.1 Å². The topological polar surface area (TPSA) is 68.0 Å². The zero-order valence-electron chi connectivity index (χ0n) is 11.6. The lowest BCUT2D eigenvalue weighted by Crippen LogP contribution is -2.22. The first-order valence-electron chi connectivity index (χ1n) is 6.15. The zero-order chi connectivity index (χ0) is 14.9. The maximum Gasteiger partial charge on any atom is 0.263 e. The van der Waals surface area contributed by atoms with Crippen molar-refractivity contribution in [2.45, 2.75) is 27.3 Å². The van der Waals surface area contributed by atoms with Crippen LogP contribution in [0.25, 0.3) is 0 Å². The number of carbonyl (C=O) groups is 1. The smallest absolute Gasteiger partial charge is 0.263 e. The number of nitrogens with zero attached hydrogens (tertiary/aromatic N) is 1. The number of nitrogens with two attached hydrogens (primary N) is 1. The second-order valence-corrected chi connectivity index (χ2v) is 5.72. The highest BCUT2D eigenvalue weighted by Gasteiger charge is 2.14. The summed E-state index contributed by atoms with van der Waals surface area (Å²) in [5.74, 6) is -0.414. The van der Waals surface area contributed by atoms with Crippen LogP contribution in [-0.4, -0.2) is 10.9 Å². The van der Waals surface area contributed by atoms with Gasteiger partial charge in [0.1, 0.15) is 10.7 Å². The molecule has 0 aliphatic heterocycles. The van der Waals surface area contributed by atoms with Crippen molar-refractivity contribution in [3.8, 4) is 0 Å². The van der Waals surface area contributed by atoms with E-state index in [-0.39, 0.29) is 11.7 Å². The number of hydrogen-bond donors (Lipinski definition) is 2. The number of rotatable bonds is 3. The highest BCUT2D eigenvalue weighted by molar-refractivity contribution is 7.17. The Morgan fingerprint density at radius 2 is 1.95 bits per heavy atom. The van der Waals surface area contributed by atoms with E-state index in [2.05, 4.69) is 10.3 Å². The van der Waals surface area contributed by atoms with Gasteiger partial charge >= 0.3 is 0 Å². The number of anilines is 1. The van der Waals surface area contributed by atoms with E-state index >= 15 is 0 Å². The molecule has 1 amide bonds. The number of aromatic nitrogens is 1. The number of nitrogen functional groups attached to an aromatic ring is 1. The van der Waals surface area contributed by atoms with Crippen LogP contribution in [0.2, 0.25) is 0 Å². The van der Waals surface area contributed by atoms with Gasteiger partial charge in [-0.3, -0.25) is 4.79 Å². The lowest BCUT2D eigenvalue weighted by atomic mass is 10.1. The molecule has 20 heavy (non-hydrogen) atoms. The van der Waals surface area contributed by atoms with Gasteiger partial charge in [-0.1, -0.05) is 23.5 Å². The molecule has 0 aliphatic rings. The molecule has 0 saturated heterocycles. The summed E-state index contributed by atoms with van der Waals surface area (Å²) in [5, 5.41) is 3.17. The van der Waals surface area contributed by atoms with Crippen LogP contribution in [0.4, 0.5) is 9.52 Å². The Morgan fingerprint density at radius 1 is 1.35 bits per heavy atom. The largest absolute Gasteiger partial charge is 0.375 e. The monoisotopic (exact) mass is 293 g/mol. The molecule has 6 heteroatoms. The van der Waals surface area contributed by atoms with Gasteiger partial charge in [0.25, 0.3) is 5.91 Å². The minimum absolute atomic E-state index is 0.203. The van der Waals surface area contributed by atoms with Crippen molar-refractivity contribution in [2.75, 3.05) is 5.73 Å². The summed E-state index contributed by atoms with van der Waals surface area (Å²) < 4.78 is 13.5. The summed E-state index contributed by atoms with van der Waals surface area (Å²) in [7, 11) is 0. The molecule has 1 aromatic carbocycles. The molecule has 0 atom stereocenters. The van der Waals surface area contributed by atoms with Crippen LogP contribution in [0.5, 0.6) is 0 Å². The Morgan fingerprint density at radius 3 is 2.45 bits per heavy atom. The number of nitrogens with one attached hydrogen (secondary N) is 1. The van der Waals surface area contributed by atoms with Gasteiger partial charge in [-0.2, -0.15) is 0 Å². The zero-order valence-corrected chi connectivity index (χ0v) is 12.4. The number of amides is 1. The number of benzene rings is 1. The number of aryl methyl sites for hydroxylation is 3. The minimum atomic E-state index is -0.212.